The monoisotopic (exact) mass is 387 g/mol. The minimum Gasteiger partial charge on any atom is -0.354 e. The molecule has 0 aliphatic carbocycles. The predicted molar refractivity (Wildman–Crippen MR) is 103 cm³/mol. The van der Waals surface area contributed by atoms with Crippen molar-refractivity contribution in [3.05, 3.63) is 53.1 Å². The summed E-state index contributed by atoms with van der Waals surface area (Å²) in [5.41, 5.74) is 2.10. The van der Waals surface area contributed by atoms with Gasteiger partial charge in [0.05, 0.1) is 0 Å². The minimum atomic E-state index is -0.274. The van der Waals surface area contributed by atoms with Gasteiger partial charge in [0.25, 0.3) is 5.91 Å². The number of aryl methyl sites for hydroxylation is 1. The molecule has 0 spiro atoms. The summed E-state index contributed by atoms with van der Waals surface area (Å²) in [4.78, 5) is 28.8. The van der Waals surface area contributed by atoms with Gasteiger partial charge in [0, 0.05) is 38.4 Å². The first-order valence-electron chi connectivity index (χ1n) is 9.46. The average molecular weight is 387 g/mol. The van der Waals surface area contributed by atoms with Gasteiger partial charge in [0.1, 0.15) is 12.4 Å². The van der Waals surface area contributed by atoms with Crippen LogP contribution in [-0.2, 0) is 17.8 Å². The van der Waals surface area contributed by atoms with Crippen LogP contribution >= 0.6 is 0 Å². The molecule has 7 nitrogen and oxygen atoms in total. The topological polar surface area (TPSA) is 70.5 Å². The molecule has 1 aromatic carbocycles. The number of benzene rings is 1. The largest absolute Gasteiger partial charge is 0.354 e. The van der Waals surface area contributed by atoms with E-state index in [-0.39, 0.29) is 24.2 Å². The van der Waals surface area contributed by atoms with Crippen molar-refractivity contribution in [3.63, 3.8) is 0 Å². The zero-order valence-corrected chi connectivity index (χ0v) is 16.3. The predicted octanol–water partition coefficient (Wildman–Crippen LogP) is 1.08. The molecule has 8 heteroatoms. The maximum absolute atomic E-state index is 12.9. The van der Waals surface area contributed by atoms with Gasteiger partial charge < -0.3 is 15.1 Å². The number of carbonyl (C=O) groups excluding carboxylic acids is 2. The quantitative estimate of drug-likeness (QED) is 0.805. The molecule has 0 radical (unpaired) electrons. The van der Waals surface area contributed by atoms with Gasteiger partial charge in [0.15, 0.2) is 5.69 Å². The SMILES string of the molecule is Cc1cc(C(=O)N2CCN(C)CC2)nn1CC(=O)NCCc1ccc(F)cc1. The summed E-state index contributed by atoms with van der Waals surface area (Å²) >= 11 is 0. The fourth-order valence-electron chi connectivity index (χ4n) is 3.14. The number of amides is 2. The molecule has 2 amide bonds. The molecule has 3 rings (SSSR count). The third-order valence-electron chi connectivity index (χ3n) is 4.93. The Labute approximate surface area is 164 Å². The second-order valence-electron chi connectivity index (χ2n) is 7.15. The fourth-order valence-corrected chi connectivity index (χ4v) is 3.14. The number of nitrogens with zero attached hydrogens (tertiary/aromatic N) is 4. The molecule has 1 aliphatic heterocycles. The third kappa shape index (κ3) is 5.16. The molecule has 0 bridgehead atoms. The van der Waals surface area contributed by atoms with Crippen LogP contribution in [0.3, 0.4) is 0 Å². The Morgan fingerprint density at radius 1 is 1.14 bits per heavy atom. The van der Waals surface area contributed by atoms with E-state index in [9.17, 15) is 14.0 Å². The molecule has 1 saturated heterocycles. The van der Waals surface area contributed by atoms with Crippen LogP contribution in [0.5, 0.6) is 0 Å². The van der Waals surface area contributed by atoms with Gasteiger partial charge in [0.2, 0.25) is 5.91 Å². The van der Waals surface area contributed by atoms with E-state index in [0.717, 1.165) is 24.3 Å². The highest BCUT2D eigenvalue weighted by Crippen LogP contribution is 2.09. The molecule has 1 fully saturated rings. The summed E-state index contributed by atoms with van der Waals surface area (Å²) in [5, 5.41) is 7.16. The second-order valence-corrected chi connectivity index (χ2v) is 7.15. The standard InChI is InChI=1S/C20H26FN5O2/c1-15-13-18(20(28)25-11-9-24(2)10-12-25)23-26(15)14-19(27)22-8-7-16-3-5-17(21)6-4-16/h3-6,13H,7-12,14H2,1-2H3,(H,22,27). The number of hydrogen-bond acceptors (Lipinski definition) is 4. The summed E-state index contributed by atoms with van der Waals surface area (Å²) < 4.78 is 14.5. The van der Waals surface area contributed by atoms with Crippen LogP contribution in [0.1, 0.15) is 21.7 Å². The second kappa shape index (κ2) is 8.97. The van der Waals surface area contributed by atoms with Gasteiger partial charge in [-0.1, -0.05) is 12.1 Å². The molecule has 2 heterocycles. The number of nitrogens with one attached hydrogen (secondary N) is 1. The van der Waals surface area contributed by atoms with Crippen molar-refractivity contribution in [2.75, 3.05) is 39.8 Å². The van der Waals surface area contributed by atoms with Crippen molar-refractivity contribution in [2.45, 2.75) is 19.9 Å². The zero-order chi connectivity index (χ0) is 20.1. The molecule has 28 heavy (non-hydrogen) atoms. The zero-order valence-electron chi connectivity index (χ0n) is 16.3. The van der Waals surface area contributed by atoms with Crippen molar-refractivity contribution in [1.29, 1.82) is 0 Å². The Kier molecular flexibility index (Phi) is 6.41. The molecule has 1 N–H and O–H groups in total. The number of halogens is 1. The van der Waals surface area contributed by atoms with E-state index < -0.39 is 0 Å². The van der Waals surface area contributed by atoms with Gasteiger partial charge in [-0.25, -0.2) is 4.39 Å². The van der Waals surface area contributed by atoms with Gasteiger partial charge in [-0.15, -0.1) is 0 Å². The number of piperazine rings is 1. The smallest absolute Gasteiger partial charge is 0.274 e. The van der Waals surface area contributed by atoms with Crippen molar-refractivity contribution in [1.82, 2.24) is 24.9 Å². The molecule has 0 unspecified atom stereocenters. The summed E-state index contributed by atoms with van der Waals surface area (Å²) in [5.74, 6) is -0.539. The molecular formula is C20H26FN5O2. The van der Waals surface area contributed by atoms with Gasteiger partial charge in [-0.3, -0.25) is 14.3 Å². The van der Waals surface area contributed by atoms with E-state index in [4.69, 9.17) is 0 Å². The molecule has 150 valence electrons. The number of hydrogen-bond donors (Lipinski definition) is 1. The lowest BCUT2D eigenvalue weighted by molar-refractivity contribution is -0.121. The van der Waals surface area contributed by atoms with Gasteiger partial charge >= 0.3 is 0 Å². The van der Waals surface area contributed by atoms with E-state index in [1.807, 2.05) is 14.0 Å². The lowest BCUT2D eigenvalue weighted by Gasteiger charge is -2.31. The van der Waals surface area contributed by atoms with Crippen LogP contribution in [0.4, 0.5) is 4.39 Å². The number of aromatic nitrogens is 2. The Morgan fingerprint density at radius 2 is 1.82 bits per heavy atom. The molecule has 1 aromatic heterocycles. The van der Waals surface area contributed by atoms with Crippen LogP contribution in [-0.4, -0.2) is 71.2 Å². The van der Waals surface area contributed by atoms with E-state index >= 15 is 0 Å². The first kappa shape index (κ1) is 20.0. The normalized spacial score (nSPS) is 14.9. The Hall–Kier alpha value is -2.74. The highest BCUT2D eigenvalue weighted by Gasteiger charge is 2.23. The van der Waals surface area contributed by atoms with Crippen molar-refractivity contribution >= 4 is 11.8 Å². The Morgan fingerprint density at radius 3 is 2.50 bits per heavy atom. The van der Waals surface area contributed by atoms with E-state index in [2.05, 4.69) is 15.3 Å². The van der Waals surface area contributed by atoms with Crippen LogP contribution in [0.2, 0.25) is 0 Å². The average Bonchev–Trinajstić information content (AvgIpc) is 3.04. The Balaban J connectivity index is 1.50. The van der Waals surface area contributed by atoms with Crippen molar-refractivity contribution in [3.8, 4) is 0 Å². The van der Waals surface area contributed by atoms with E-state index in [1.54, 1.807) is 27.8 Å². The molecule has 1 aliphatic rings. The maximum Gasteiger partial charge on any atom is 0.274 e. The molecular weight excluding hydrogens is 361 g/mol. The van der Waals surface area contributed by atoms with Crippen molar-refractivity contribution < 1.29 is 14.0 Å². The van der Waals surface area contributed by atoms with Gasteiger partial charge in [-0.05, 0) is 44.2 Å². The van der Waals surface area contributed by atoms with Crippen molar-refractivity contribution in [2.24, 2.45) is 0 Å². The molecule has 0 atom stereocenters. The molecule has 2 aromatic rings. The summed E-state index contributed by atoms with van der Waals surface area (Å²) in [6.07, 6.45) is 0.622. The highest BCUT2D eigenvalue weighted by atomic mass is 19.1. The summed E-state index contributed by atoms with van der Waals surface area (Å²) in [6, 6.07) is 7.95. The van der Waals surface area contributed by atoms with Gasteiger partial charge in [-0.2, -0.15) is 5.10 Å². The van der Waals surface area contributed by atoms with E-state index in [0.29, 0.717) is 31.7 Å². The third-order valence-corrected chi connectivity index (χ3v) is 4.93. The van der Waals surface area contributed by atoms with Crippen LogP contribution in [0, 0.1) is 12.7 Å². The lowest BCUT2D eigenvalue weighted by Crippen LogP contribution is -2.47. The number of rotatable bonds is 6. The van der Waals surface area contributed by atoms with E-state index in [1.165, 1.54) is 12.1 Å². The highest BCUT2D eigenvalue weighted by molar-refractivity contribution is 5.92. The van der Waals surface area contributed by atoms with Crippen LogP contribution in [0.25, 0.3) is 0 Å². The minimum absolute atomic E-state index is 0.0608. The lowest BCUT2D eigenvalue weighted by atomic mass is 10.1. The fraction of sp³-hybridized carbons (Fsp3) is 0.450. The summed E-state index contributed by atoms with van der Waals surface area (Å²) in [6.45, 7) is 5.42. The van der Waals surface area contributed by atoms with Crippen LogP contribution < -0.4 is 5.32 Å². The Bertz CT molecular complexity index is 826. The first-order valence-corrected chi connectivity index (χ1v) is 9.46. The summed E-state index contributed by atoms with van der Waals surface area (Å²) in [7, 11) is 2.04. The maximum atomic E-state index is 12.9. The van der Waals surface area contributed by atoms with Crippen LogP contribution in [0.15, 0.2) is 30.3 Å². The molecule has 0 saturated carbocycles. The number of carbonyl (C=O) groups is 2. The first-order chi connectivity index (χ1) is 13.4. The number of likely N-dealkylation sites (N-methyl/N-ethyl adjacent to an activating group) is 1.